The lowest BCUT2D eigenvalue weighted by molar-refractivity contribution is -0.118. The van der Waals surface area contributed by atoms with Crippen molar-refractivity contribution < 1.29 is 18.5 Å². The van der Waals surface area contributed by atoms with Crippen molar-refractivity contribution in [2.75, 3.05) is 19.0 Å². The molecule has 2 heterocycles. The van der Waals surface area contributed by atoms with Crippen LogP contribution in [0.3, 0.4) is 0 Å². The summed E-state index contributed by atoms with van der Waals surface area (Å²) in [5.74, 6) is 2.34. The number of fused-ring (bicyclic) bond motifs is 1. The van der Waals surface area contributed by atoms with Crippen molar-refractivity contribution in [1.29, 1.82) is 0 Å². The Hall–Kier alpha value is -3.13. The van der Waals surface area contributed by atoms with E-state index in [9.17, 15) is 9.00 Å². The molecular formula is C20H19N3O4S. The van der Waals surface area contributed by atoms with Gasteiger partial charge in [0.2, 0.25) is 0 Å². The molecule has 0 saturated heterocycles. The highest BCUT2D eigenvalue weighted by Gasteiger charge is 2.28. The molecule has 1 amide bonds. The molecule has 0 saturated carbocycles. The third kappa shape index (κ3) is 3.77. The largest absolute Gasteiger partial charge is 0.497 e. The van der Waals surface area contributed by atoms with Crippen molar-refractivity contribution in [3.8, 4) is 17.2 Å². The van der Waals surface area contributed by atoms with Crippen molar-refractivity contribution in [2.45, 2.75) is 11.5 Å². The van der Waals surface area contributed by atoms with Crippen LogP contribution in [0.2, 0.25) is 0 Å². The summed E-state index contributed by atoms with van der Waals surface area (Å²) in [6.07, 6.45) is 0. The lowest BCUT2D eigenvalue weighted by Crippen LogP contribution is -2.22. The Morgan fingerprint density at radius 1 is 1.11 bits per heavy atom. The second-order valence-corrected chi connectivity index (χ2v) is 7.72. The molecule has 0 bridgehead atoms. The van der Waals surface area contributed by atoms with E-state index >= 15 is 0 Å². The molecule has 3 aromatic rings. The number of carbonyl (C=O) groups excluding carboxylic acids is 1. The molecule has 8 heteroatoms. The fraction of sp³-hybridized carbons (Fsp3) is 0.200. The van der Waals surface area contributed by atoms with E-state index in [1.165, 1.54) is 0 Å². The lowest BCUT2D eigenvalue weighted by atomic mass is 10.2. The number of hydrogen-bond donors (Lipinski definition) is 1. The fourth-order valence-corrected chi connectivity index (χ4v) is 4.26. The Morgan fingerprint density at radius 2 is 1.86 bits per heavy atom. The zero-order chi connectivity index (χ0) is 19.5. The Balaban J connectivity index is 1.57. The van der Waals surface area contributed by atoms with E-state index in [-0.39, 0.29) is 12.5 Å². The van der Waals surface area contributed by atoms with Gasteiger partial charge in [-0.15, -0.1) is 0 Å². The Morgan fingerprint density at radius 3 is 2.57 bits per heavy atom. The molecule has 1 atom stereocenters. The maximum atomic E-state index is 12.5. The van der Waals surface area contributed by atoms with E-state index in [2.05, 4.69) is 10.4 Å². The molecule has 1 aromatic heterocycles. The van der Waals surface area contributed by atoms with Gasteiger partial charge in [-0.2, -0.15) is 5.10 Å². The number of rotatable bonds is 6. The van der Waals surface area contributed by atoms with Gasteiger partial charge < -0.3 is 14.8 Å². The maximum absolute atomic E-state index is 12.5. The summed E-state index contributed by atoms with van der Waals surface area (Å²) in [7, 11) is 0.607. The zero-order valence-electron chi connectivity index (χ0n) is 15.3. The average Bonchev–Trinajstić information content (AvgIpc) is 3.24. The Kier molecular flexibility index (Phi) is 5.12. The first-order chi connectivity index (χ1) is 13.6. The van der Waals surface area contributed by atoms with Gasteiger partial charge in [-0.3, -0.25) is 9.00 Å². The number of ether oxygens (including phenoxy) is 2. The van der Waals surface area contributed by atoms with Crippen LogP contribution >= 0.6 is 0 Å². The summed E-state index contributed by atoms with van der Waals surface area (Å²) < 4.78 is 24.3. The highest BCUT2D eigenvalue weighted by atomic mass is 32.2. The van der Waals surface area contributed by atoms with Crippen LogP contribution in [0.25, 0.3) is 5.69 Å². The predicted octanol–water partition coefficient (Wildman–Crippen LogP) is 2.66. The normalized spacial score (nSPS) is 15.1. The number of carbonyl (C=O) groups is 1. The summed E-state index contributed by atoms with van der Waals surface area (Å²) in [6.45, 7) is -0.129. The topological polar surface area (TPSA) is 82.4 Å². The van der Waals surface area contributed by atoms with Gasteiger partial charge in [0.15, 0.2) is 6.61 Å². The minimum Gasteiger partial charge on any atom is -0.497 e. The van der Waals surface area contributed by atoms with Crippen LogP contribution in [0, 0.1) is 0 Å². The van der Waals surface area contributed by atoms with E-state index in [1.54, 1.807) is 23.9 Å². The Bertz CT molecular complexity index is 1020. The van der Waals surface area contributed by atoms with Gasteiger partial charge in [0.25, 0.3) is 5.91 Å². The molecule has 0 fully saturated rings. The number of nitrogens with one attached hydrogen (secondary N) is 1. The number of para-hydroxylation sites is 1. The summed E-state index contributed by atoms with van der Waals surface area (Å²) in [5, 5.41) is 7.45. The molecule has 4 rings (SSSR count). The van der Waals surface area contributed by atoms with Gasteiger partial charge in [-0.25, -0.2) is 4.68 Å². The molecule has 28 heavy (non-hydrogen) atoms. The number of methoxy groups -OCH3 is 1. The molecule has 7 nitrogen and oxygen atoms in total. The first-order valence-electron chi connectivity index (χ1n) is 8.72. The lowest BCUT2D eigenvalue weighted by Gasteiger charge is -2.12. The number of hydrogen-bond acceptors (Lipinski definition) is 5. The van der Waals surface area contributed by atoms with E-state index in [4.69, 9.17) is 9.47 Å². The van der Waals surface area contributed by atoms with Gasteiger partial charge in [0.05, 0.1) is 30.0 Å². The molecule has 1 N–H and O–H groups in total. The third-order valence-corrected chi connectivity index (χ3v) is 5.56. The summed E-state index contributed by atoms with van der Waals surface area (Å²) in [4.78, 5) is 12.5. The highest BCUT2D eigenvalue weighted by Crippen LogP contribution is 2.31. The molecule has 0 aliphatic carbocycles. The van der Waals surface area contributed by atoms with Gasteiger partial charge in [-0.05, 0) is 36.4 Å². The van der Waals surface area contributed by atoms with Crippen LogP contribution in [0.15, 0.2) is 54.6 Å². The number of aromatic nitrogens is 2. The van der Waals surface area contributed by atoms with Gasteiger partial charge in [-0.1, -0.05) is 18.2 Å². The first-order valence-corrected chi connectivity index (χ1v) is 10.2. The van der Waals surface area contributed by atoms with Crippen molar-refractivity contribution in [3.05, 3.63) is 65.9 Å². The van der Waals surface area contributed by atoms with E-state index in [1.807, 2.05) is 42.5 Å². The maximum Gasteiger partial charge on any atom is 0.263 e. The third-order valence-electron chi connectivity index (χ3n) is 4.36. The molecular weight excluding hydrogens is 378 g/mol. The molecule has 2 aromatic carbocycles. The molecule has 0 unspecified atom stereocenters. The van der Waals surface area contributed by atoms with E-state index < -0.39 is 10.8 Å². The van der Waals surface area contributed by atoms with Crippen LogP contribution in [0.4, 0.5) is 5.82 Å². The molecule has 1 aliphatic heterocycles. The smallest absolute Gasteiger partial charge is 0.263 e. The monoisotopic (exact) mass is 397 g/mol. The van der Waals surface area contributed by atoms with Crippen LogP contribution in [0.5, 0.6) is 11.5 Å². The zero-order valence-corrected chi connectivity index (χ0v) is 16.1. The van der Waals surface area contributed by atoms with Crippen molar-refractivity contribution in [3.63, 3.8) is 0 Å². The standard InChI is InChI=1S/C20H19N3O4S/c1-26-15-9-7-14(8-10-15)23-20(17-12-28(25)13-18(17)22-23)21-19(24)11-27-16-5-3-2-4-6-16/h2-10H,11-13H2,1H3,(H,21,24)/t28-/m0/s1. The first kappa shape index (κ1) is 18.2. The minimum absolute atomic E-state index is 0.129. The summed E-state index contributed by atoms with van der Waals surface area (Å²) >= 11 is 0. The van der Waals surface area contributed by atoms with Crippen molar-refractivity contribution >= 4 is 22.5 Å². The molecule has 0 radical (unpaired) electrons. The van der Waals surface area contributed by atoms with E-state index in [0.29, 0.717) is 23.1 Å². The quantitative estimate of drug-likeness (QED) is 0.692. The average molecular weight is 397 g/mol. The second kappa shape index (κ2) is 7.85. The van der Waals surface area contributed by atoms with Gasteiger partial charge >= 0.3 is 0 Å². The van der Waals surface area contributed by atoms with Crippen LogP contribution in [-0.2, 0) is 27.1 Å². The summed E-state index contributed by atoms with van der Waals surface area (Å²) in [5.41, 5.74) is 2.33. The van der Waals surface area contributed by atoms with Crippen LogP contribution < -0.4 is 14.8 Å². The van der Waals surface area contributed by atoms with Crippen LogP contribution in [0.1, 0.15) is 11.3 Å². The number of nitrogens with zero attached hydrogens (tertiary/aromatic N) is 2. The fourth-order valence-electron chi connectivity index (χ4n) is 3.00. The van der Waals surface area contributed by atoms with Gasteiger partial charge in [0.1, 0.15) is 17.3 Å². The van der Waals surface area contributed by atoms with E-state index in [0.717, 1.165) is 22.7 Å². The van der Waals surface area contributed by atoms with Gasteiger partial charge in [0, 0.05) is 16.4 Å². The number of amides is 1. The van der Waals surface area contributed by atoms with Crippen LogP contribution in [-0.4, -0.2) is 33.6 Å². The molecule has 1 aliphatic rings. The SMILES string of the molecule is COc1ccc(-n2nc3c(c2NC(=O)COc2ccccc2)C[S@](=O)C3)cc1. The Labute approximate surface area is 164 Å². The van der Waals surface area contributed by atoms with Crippen molar-refractivity contribution in [2.24, 2.45) is 0 Å². The molecule has 0 spiro atoms. The number of anilines is 1. The van der Waals surface area contributed by atoms with Crippen molar-refractivity contribution in [1.82, 2.24) is 9.78 Å². The predicted molar refractivity (Wildman–Crippen MR) is 106 cm³/mol. The second-order valence-electron chi connectivity index (χ2n) is 6.26. The number of benzene rings is 2. The minimum atomic E-state index is -0.995. The molecule has 144 valence electrons. The highest BCUT2D eigenvalue weighted by molar-refractivity contribution is 7.83. The summed E-state index contributed by atoms with van der Waals surface area (Å²) in [6, 6.07) is 16.5.